The van der Waals surface area contributed by atoms with Crippen molar-refractivity contribution in [2.24, 2.45) is 10.1 Å². The van der Waals surface area contributed by atoms with Crippen LogP contribution in [-0.4, -0.2) is 24.6 Å². The first-order valence-electron chi connectivity index (χ1n) is 9.43. The maximum atomic E-state index is 6.21. The van der Waals surface area contributed by atoms with Crippen molar-refractivity contribution in [3.05, 3.63) is 44.2 Å². The van der Waals surface area contributed by atoms with Gasteiger partial charge in [0.1, 0.15) is 12.9 Å². The molecule has 0 aliphatic heterocycles. The molecule has 0 radical (unpaired) electrons. The van der Waals surface area contributed by atoms with E-state index in [0.29, 0.717) is 22.2 Å². The van der Waals surface area contributed by atoms with Gasteiger partial charge in [0.15, 0.2) is 4.80 Å². The minimum absolute atomic E-state index is 0.0444. The topological polar surface area (TPSA) is 48.1 Å². The summed E-state index contributed by atoms with van der Waals surface area (Å²) in [6.07, 6.45) is 2.21. The van der Waals surface area contributed by atoms with Gasteiger partial charge in [-0.1, -0.05) is 50.9 Å². The normalized spacial score (nSPS) is 13.1. The van der Waals surface area contributed by atoms with Crippen LogP contribution in [0.2, 0.25) is 5.02 Å². The molecule has 154 valence electrons. The summed E-state index contributed by atoms with van der Waals surface area (Å²) in [4.78, 5) is 12.2. The number of benzene rings is 1. The zero-order chi connectivity index (χ0) is 20.9. The van der Waals surface area contributed by atoms with Crippen LogP contribution >= 0.6 is 22.9 Å². The van der Waals surface area contributed by atoms with Crippen molar-refractivity contribution in [3.63, 3.8) is 0 Å². The lowest BCUT2D eigenvalue weighted by atomic mass is 9.93. The van der Waals surface area contributed by atoms with Gasteiger partial charge in [0.25, 0.3) is 0 Å². The van der Waals surface area contributed by atoms with Crippen molar-refractivity contribution in [2.75, 3.05) is 14.2 Å². The van der Waals surface area contributed by atoms with E-state index < -0.39 is 0 Å². The summed E-state index contributed by atoms with van der Waals surface area (Å²) in [5.41, 5.74) is 1.99. The summed E-state index contributed by atoms with van der Waals surface area (Å²) in [5.74, 6) is 1.09. The van der Waals surface area contributed by atoms with Crippen LogP contribution in [0, 0.1) is 6.92 Å². The van der Waals surface area contributed by atoms with Crippen LogP contribution in [-0.2, 0) is 16.8 Å². The predicted molar refractivity (Wildman–Crippen MR) is 118 cm³/mol. The summed E-state index contributed by atoms with van der Waals surface area (Å²) in [7, 11) is 3.13. The van der Waals surface area contributed by atoms with Crippen LogP contribution in [0.15, 0.2) is 28.3 Å². The Hall–Kier alpha value is -1.79. The van der Waals surface area contributed by atoms with E-state index in [1.807, 2.05) is 6.07 Å². The van der Waals surface area contributed by atoms with Gasteiger partial charge in [-0.2, -0.15) is 4.99 Å². The van der Waals surface area contributed by atoms with E-state index in [4.69, 9.17) is 26.2 Å². The molecule has 5 nitrogen and oxygen atoms in total. The van der Waals surface area contributed by atoms with Crippen LogP contribution in [0.4, 0.5) is 0 Å². The number of hydrogen-bond donors (Lipinski definition) is 0. The van der Waals surface area contributed by atoms with Crippen molar-refractivity contribution >= 4 is 28.8 Å². The van der Waals surface area contributed by atoms with Crippen LogP contribution < -0.4 is 9.54 Å². The van der Waals surface area contributed by atoms with Crippen molar-refractivity contribution < 1.29 is 9.57 Å². The highest BCUT2D eigenvalue weighted by molar-refractivity contribution is 7.09. The molecule has 28 heavy (non-hydrogen) atoms. The molecule has 0 bridgehead atoms. The second-order valence-corrected chi connectivity index (χ2v) is 9.02. The van der Waals surface area contributed by atoms with Crippen molar-refractivity contribution in [1.82, 2.24) is 4.57 Å². The van der Waals surface area contributed by atoms with Gasteiger partial charge in [-0.05, 0) is 37.0 Å². The first-order chi connectivity index (χ1) is 13.2. The number of halogens is 1. The molecule has 2 rings (SSSR count). The lowest BCUT2D eigenvalue weighted by Gasteiger charge is -2.17. The molecule has 0 aliphatic rings. The van der Waals surface area contributed by atoms with Gasteiger partial charge in [-0.25, -0.2) is 0 Å². The minimum atomic E-state index is 0.0444. The molecule has 0 N–H and O–H groups in total. The number of ether oxygens (including phenoxy) is 1. The molecular weight excluding hydrogens is 394 g/mol. The van der Waals surface area contributed by atoms with Crippen LogP contribution in [0.25, 0.3) is 0 Å². The fourth-order valence-corrected chi connectivity index (χ4v) is 4.40. The Kier molecular flexibility index (Phi) is 7.72. The predicted octanol–water partition coefficient (Wildman–Crippen LogP) is 5.53. The molecule has 0 saturated carbocycles. The second-order valence-electron chi connectivity index (χ2n) is 7.61. The van der Waals surface area contributed by atoms with Gasteiger partial charge in [0, 0.05) is 22.1 Å². The second kappa shape index (κ2) is 9.61. The van der Waals surface area contributed by atoms with Gasteiger partial charge in [0.2, 0.25) is 5.84 Å². The molecular formula is C21H30ClN3O2S. The average molecular weight is 424 g/mol. The molecule has 0 unspecified atom stereocenters. The molecule has 1 heterocycles. The van der Waals surface area contributed by atoms with Crippen LogP contribution in [0.1, 0.15) is 56.7 Å². The van der Waals surface area contributed by atoms with Crippen molar-refractivity contribution in [1.29, 1.82) is 0 Å². The largest absolute Gasteiger partial charge is 0.496 e. The van der Waals surface area contributed by atoms with Gasteiger partial charge >= 0.3 is 0 Å². The van der Waals surface area contributed by atoms with E-state index in [0.717, 1.165) is 24.2 Å². The standard InChI is InChI=1S/C21H30ClN3O2S/c1-8-9-12-25-14(2)18(21(3,4)5)28-20(25)23-19(24-27-7)16-13-15(22)10-11-17(16)26-6/h10-11,13H,8-9,12H2,1-7H3/b23-20?,24-19+. The quantitative estimate of drug-likeness (QED) is 0.348. The number of oxime groups is 1. The van der Waals surface area contributed by atoms with E-state index in [2.05, 4.69) is 44.3 Å². The Labute approximate surface area is 176 Å². The molecule has 7 heteroatoms. The number of nitrogens with zero attached hydrogens (tertiary/aromatic N) is 3. The first kappa shape index (κ1) is 22.5. The van der Waals surface area contributed by atoms with Gasteiger partial charge in [-0.15, -0.1) is 11.3 Å². The van der Waals surface area contributed by atoms with Crippen molar-refractivity contribution in [3.8, 4) is 5.75 Å². The van der Waals surface area contributed by atoms with E-state index in [1.165, 1.54) is 17.7 Å². The summed E-state index contributed by atoms with van der Waals surface area (Å²) >= 11 is 7.91. The molecule has 0 amide bonds. The third kappa shape index (κ3) is 5.17. The number of methoxy groups -OCH3 is 1. The minimum Gasteiger partial charge on any atom is -0.496 e. The van der Waals surface area contributed by atoms with Gasteiger partial charge in [0.05, 0.1) is 12.7 Å². The van der Waals surface area contributed by atoms with Gasteiger partial charge < -0.3 is 14.1 Å². The SMILES string of the molecule is CCCCn1c(C)c(C(C)(C)C)sc1=N/C(=N/OC)c1cc(Cl)ccc1OC. The fourth-order valence-electron chi connectivity index (χ4n) is 3.01. The maximum absolute atomic E-state index is 6.21. The molecule has 0 spiro atoms. The first-order valence-corrected chi connectivity index (χ1v) is 10.6. The third-order valence-electron chi connectivity index (χ3n) is 4.36. The van der Waals surface area contributed by atoms with Crippen LogP contribution in [0.5, 0.6) is 5.75 Å². The Morgan fingerprint density at radius 2 is 1.96 bits per heavy atom. The lowest BCUT2D eigenvalue weighted by Crippen LogP contribution is -2.19. The molecule has 0 aliphatic carbocycles. The number of hydrogen-bond acceptors (Lipinski definition) is 4. The van der Waals surface area contributed by atoms with E-state index >= 15 is 0 Å². The highest BCUT2D eigenvalue weighted by Gasteiger charge is 2.22. The third-order valence-corrected chi connectivity index (χ3v) is 6.20. The average Bonchev–Trinajstić information content (AvgIpc) is 2.95. The van der Waals surface area contributed by atoms with Crippen molar-refractivity contribution in [2.45, 2.75) is 59.4 Å². The van der Waals surface area contributed by atoms with Crippen LogP contribution in [0.3, 0.4) is 0 Å². The monoisotopic (exact) mass is 423 g/mol. The van der Waals surface area contributed by atoms with E-state index in [9.17, 15) is 0 Å². The molecule has 0 saturated heterocycles. The Bertz CT molecular complexity index is 907. The highest BCUT2D eigenvalue weighted by atomic mass is 35.5. The van der Waals surface area contributed by atoms with E-state index in [1.54, 1.807) is 30.6 Å². The smallest absolute Gasteiger partial charge is 0.205 e. The highest BCUT2D eigenvalue weighted by Crippen LogP contribution is 2.29. The Balaban J connectivity index is 2.72. The molecule has 1 aromatic heterocycles. The molecule has 0 fully saturated rings. The summed E-state index contributed by atoms with van der Waals surface area (Å²) in [5, 5.41) is 4.76. The maximum Gasteiger partial charge on any atom is 0.205 e. The summed E-state index contributed by atoms with van der Waals surface area (Å²) in [6, 6.07) is 5.38. The Morgan fingerprint density at radius 1 is 1.25 bits per heavy atom. The number of aromatic nitrogens is 1. The molecule has 0 atom stereocenters. The number of amidine groups is 1. The van der Waals surface area contributed by atoms with E-state index in [-0.39, 0.29) is 5.41 Å². The summed E-state index contributed by atoms with van der Waals surface area (Å²) in [6.45, 7) is 12.0. The molecule has 2 aromatic rings. The zero-order valence-electron chi connectivity index (χ0n) is 17.8. The number of thiazole rings is 1. The Morgan fingerprint density at radius 3 is 2.54 bits per heavy atom. The number of unbranched alkanes of at least 4 members (excludes halogenated alkanes) is 1. The summed E-state index contributed by atoms with van der Waals surface area (Å²) < 4.78 is 7.76. The molecule has 1 aromatic carbocycles. The lowest BCUT2D eigenvalue weighted by molar-refractivity contribution is 0.213. The fraction of sp³-hybridized carbons (Fsp3) is 0.524. The van der Waals surface area contributed by atoms with Gasteiger partial charge in [-0.3, -0.25) is 0 Å². The zero-order valence-corrected chi connectivity index (χ0v) is 19.4. The number of rotatable bonds is 6.